The summed E-state index contributed by atoms with van der Waals surface area (Å²) in [4.78, 5) is 10.2. The smallest absolute Gasteiger partial charge is 0.353 e. The summed E-state index contributed by atoms with van der Waals surface area (Å²) in [6, 6.07) is 3.30. The van der Waals surface area contributed by atoms with Crippen LogP contribution in [0.2, 0.25) is 0 Å². The second-order valence-corrected chi connectivity index (χ2v) is 2.69. The van der Waals surface area contributed by atoms with Crippen LogP contribution in [0.1, 0.15) is 5.56 Å². The highest BCUT2D eigenvalue weighted by atomic mass is 19.1. The zero-order valence-corrected chi connectivity index (χ0v) is 7.50. The average Bonchev–Trinajstić information content (AvgIpc) is 2.16. The minimum Gasteiger partial charge on any atom is -0.477 e. The summed E-state index contributed by atoms with van der Waals surface area (Å²) >= 11 is 0. The van der Waals surface area contributed by atoms with Gasteiger partial charge in [-0.15, -0.1) is 0 Å². The van der Waals surface area contributed by atoms with Crippen molar-refractivity contribution in [1.82, 2.24) is 0 Å². The molecule has 0 bridgehead atoms. The van der Waals surface area contributed by atoms with E-state index in [1.807, 2.05) is 0 Å². The first kappa shape index (κ1) is 11.0. The van der Waals surface area contributed by atoms with Gasteiger partial charge in [-0.3, -0.25) is 5.41 Å². The van der Waals surface area contributed by atoms with Crippen molar-refractivity contribution in [1.29, 1.82) is 5.41 Å². The predicted octanol–water partition coefficient (Wildman–Crippen LogP) is 2.08. The fraction of sp³-hybridized carbons (Fsp3) is 0. The zero-order valence-electron chi connectivity index (χ0n) is 7.50. The summed E-state index contributed by atoms with van der Waals surface area (Å²) < 4.78 is 26.0. The van der Waals surface area contributed by atoms with E-state index in [0.29, 0.717) is 0 Å². The topological polar surface area (TPSA) is 61.2 Å². The highest BCUT2D eigenvalue weighted by Crippen LogP contribution is 2.13. The number of benzene rings is 1. The van der Waals surface area contributed by atoms with Crippen LogP contribution >= 0.6 is 0 Å². The summed E-state index contributed by atoms with van der Waals surface area (Å²) in [5.74, 6) is -3.06. The van der Waals surface area contributed by atoms with Crippen molar-refractivity contribution in [3.8, 4) is 0 Å². The Morgan fingerprint density at radius 3 is 2.33 bits per heavy atom. The summed E-state index contributed by atoms with van der Waals surface area (Å²) in [5, 5.41) is 15.2. The maximum Gasteiger partial charge on any atom is 0.353 e. The van der Waals surface area contributed by atoms with Crippen molar-refractivity contribution < 1.29 is 18.7 Å². The Hall–Kier alpha value is -2.04. The average molecular weight is 211 g/mol. The van der Waals surface area contributed by atoms with Gasteiger partial charge in [0.15, 0.2) is 0 Å². The molecule has 15 heavy (non-hydrogen) atoms. The van der Waals surface area contributed by atoms with Crippen LogP contribution in [0.15, 0.2) is 24.3 Å². The fourth-order valence-electron chi connectivity index (χ4n) is 0.908. The molecule has 0 aliphatic heterocycles. The molecule has 0 radical (unpaired) electrons. The third-order valence-electron chi connectivity index (χ3n) is 1.65. The summed E-state index contributed by atoms with van der Waals surface area (Å²) in [5.41, 5.74) is -1.10. The van der Waals surface area contributed by atoms with Gasteiger partial charge in [-0.2, -0.15) is 0 Å². The molecule has 0 atom stereocenters. The van der Waals surface area contributed by atoms with Gasteiger partial charge in [0, 0.05) is 5.56 Å². The third-order valence-corrected chi connectivity index (χ3v) is 1.65. The van der Waals surface area contributed by atoms with E-state index in [1.54, 1.807) is 0 Å². The van der Waals surface area contributed by atoms with Crippen molar-refractivity contribution >= 4 is 17.8 Å². The number of hydrogen-bond acceptors (Lipinski definition) is 2. The number of rotatable bonds is 3. The summed E-state index contributed by atoms with van der Waals surface area (Å²) in [7, 11) is 0. The molecule has 0 unspecified atom stereocenters. The summed E-state index contributed by atoms with van der Waals surface area (Å²) in [6.07, 6.45) is 1.74. The Morgan fingerprint density at radius 2 is 1.87 bits per heavy atom. The minimum atomic E-state index is -1.46. The number of carboxylic acids is 1. The largest absolute Gasteiger partial charge is 0.477 e. The van der Waals surface area contributed by atoms with E-state index in [9.17, 15) is 13.6 Å². The maximum absolute atomic E-state index is 13.0. The van der Waals surface area contributed by atoms with E-state index in [0.717, 1.165) is 24.3 Å². The lowest BCUT2D eigenvalue weighted by Crippen LogP contribution is -2.07. The van der Waals surface area contributed by atoms with Gasteiger partial charge in [-0.25, -0.2) is 13.6 Å². The molecule has 78 valence electrons. The van der Waals surface area contributed by atoms with Crippen LogP contribution in [0.4, 0.5) is 8.78 Å². The zero-order chi connectivity index (χ0) is 11.4. The van der Waals surface area contributed by atoms with Crippen LogP contribution in [0.25, 0.3) is 6.08 Å². The van der Waals surface area contributed by atoms with E-state index >= 15 is 0 Å². The van der Waals surface area contributed by atoms with Gasteiger partial charge in [0.25, 0.3) is 0 Å². The van der Waals surface area contributed by atoms with Crippen LogP contribution < -0.4 is 0 Å². The Kier molecular flexibility index (Phi) is 3.28. The first-order chi connectivity index (χ1) is 7.02. The first-order valence-corrected chi connectivity index (χ1v) is 3.96. The molecular formula is C10H7F2NO2. The molecule has 0 saturated heterocycles. The molecule has 1 aromatic rings. The van der Waals surface area contributed by atoms with Crippen molar-refractivity contribution in [3.63, 3.8) is 0 Å². The number of aliphatic carboxylic acids is 1. The lowest BCUT2D eigenvalue weighted by atomic mass is 10.1. The van der Waals surface area contributed by atoms with Gasteiger partial charge in [0.05, 0.1) is 0 Å². The van der Waals surface area contributed by atoms with Crippen LogP contribution in [0.3, 0.4) is 0 Å². The molecule has 0 aliphatic rings. The van der Waals surface area contributed by atoms with Gasteiger partial charge < -0.3 is 5.11 Å². The Bertz CT molecular complexity index is 421. The Balaban J connectivity index is 2.99. The van der Waals surface area contributed by atoms with Crippen molar-refractivity contribution in [3.05, 3.63) is 41.5 Å². The number of carbonyl (C=O) groups is 1. The third kappa shape index (κ3) is 2.70. The molecule has 1 aromatic carbocycles. The van der Waals surface area contributed by atoms with Crippen LogP contribution in [0, 0.1) is 17.0 Å². The van der Waals surface area contributed by atoms with Crippen LogP contribution in [-0.2, 0) is 4.79 Å². The van der Waals surface area contributed by atoms with Gasteiger partial charge in [-0.05, 0) is 24.3 Å². The molecular weight excluding hydrogens is 204 g/mol. The standard InChI is InChI=1S/C10H7F2NO2/c11-7-2-1-3-8(12)6(7)4-5-9(13)10(14)15/h1-5,13H,(H,14,15)/b5-4-,13-9?. The molecule has 0 aromatic heterocycles. The molecule has 2 N–H and O–H groups in total. The van der Waals surface area contributed by atoms with Gasteiger partial charge >= 0.3 is 5.97 Å². The molecule has 0 heterocycles. The van der Waals surface area contributed by atoms with Gasteiger partial charge in [0.2, 0.25) is 0 Å². The Labute approximate surface area is 84.2 Å². The second kappa shape index (κ2) is 4.45. The quantitative estimate of drug-likeness (QED) is 0.752. The molecule has 5 heteroatoms. The lowest BCUT2D eigenvalue weighted by molar-refractivity contribution is -0.129. The normalized spacial score (nSPS) is 10.5. The molecule has 0 saturated carbocycles. The number of hydrogen-bond donors (Lipinski definition) is 2. The van der Waals surface area contributed by atoms with Crippen molar-refractivity contribution in [2.45, 2.75) is 0 Å². The van der Waals surface area contributed by atoms with Crippen LogP contribution in [-0.4, -0.2) is 16.8 Å². The SMILES string of the molecule is N=C(/C=C\c1c(F)cccc1F)C(=O)O. The molecule has 3 nitrogen and oxygen atoms in total. The Morgan fingerprint density at radius 1 is 1.33 bits per heavy atom. The molecule has 0 aliphatic carbocycles. The van der Waals surface area contributed by atoms with Crippen molar-refractivity contribution in [2.24, 2.45) is 0 Å². The van der Waals surface area contributed by atoms with E-state index in [1.165, 1.54) is 6.07 Å². The van der Waals surface area contributed by atoms with Crippen LogP contribution in [0.5, 0.6) is 0 Å². The number of carboxylic acid groups (broad SMARTS) is 1. The predicted molar refractivity (Wildman–Crippen MR) is 50.8 cm³/mol. The van der Waals surface area contributed by atoms with E-state index in [2.05, 4.69) is 0 Å². The van der Waals surface area contributed by atoms with E-state index < -0.39 is 23.3 Å². The molecule has 0 amide bonds. The molecule has 1 rings (SSSR count). The molecule has 0 spiro atoms. The highest BCUT2D eigenvalue weighted by molar-refractivity contribution is 6.39. The van der Waals surface area contributed by atoms with Gasteiger partial charge in [0.1, 0.15) is 17.3 Å². The van der Waals surface area contributed by atoms with E-state index in [-0.39, 0.29) is 5.56 Å². The highest BCUT2D eigenvalue weighted by Gasteiger charge is 2.06. The molecule has 0 fully saturated rings. The summed E-state index contributed by atoms with van der Waals surface area (Å²) in [6.45, 7) is 0. The fourth-order valence-corrected chi connectivity index (χ4v) is 0.908. The number of halogens is 2. The lowest BCUT2D eigenvalue weighted by Gasteiger charge is -1.97. The van der Waals surface area contributed by atoms with Gasteiger partial charge in [-0.1, -0.05) is 6.07 Å². The number of nitrogens with one attached hydrogen (secondary N) is 1. The van der Waals surface area contributed by atoms with E-state index in [4.69, 9.17) is 10.5 Å². The van der Waals surface area contributed by atoms with Crippen molar-refractivity contribution in [2.75, 3.05) is 0 Å². The first-order valence-electron chi connectivity index (χ1n) is 3.96. The monoisotopic (exact) mass is 211 g/mol. The second-order valence-electron chi connectivity index (χ2n) is 2.69. The minimum absolute atomic E-state index is 0.358. The maximum atomic E-state index is 13.0.